The van der Waals surface area contributed by atoms with Crippen molar-refractivity contribution in [3.05, 3.63) is 79.5 Å². The molecule has 0 unspecified atom stereocenters. The summed E-state index contributed by atoms with van der Waals surface area (Å²) in [5.41, 5.74) is 1.10. The van der Waals surface area contributed by atoms with Crippen molar-refractivity contribution in [1.82, 2.24) is 9.97 Å². The van der Waals surface area contributed by atoms with Gasteiger partial charge in [-0.3, -0.25) is 0 Å². The van der Waals surface area contributed by atoms with Gasteiger partial charge < -0.3 is 4.98 Å². The van der Waals surface area contributed by atoms with Crippen molar-refractivity contribution in [3.63, 3.8) is 0 Å². The van der Waals surface area contributed by atoms with E-state index in [1.54, 1.807) is 102 Å². The predicted molar refractivity (Wildman–Crippen MR) is 270 cm³/mol. The Bertz CT molecular complexity index is 2480. The molecular weight excluding hydrogens is 953 g/mol. The van der Waals surface area contributed by atoms with Crippen molar-refractivity contribution in [2.75, 3.05) is 0 Å². The number of aromatic nitrogens is 2. The zero-order chi connectivity index (χ0) is 50.6. The first kappa shape index (κ1) is 62.4. The van der Waals surface area contributed by atoms with Gasteiger partial charge in [-0.1, -0.05) is 30.4 Å². The van der Waals surface area contributed by atoms with E-state index in [1.165, 1.54) is 16.9 Å². The number of nitrogens with zero attached hydrogens (tertiary/aromatic N) is 1. The smallest absolute Gasteiger partial charge is 0.176 e. The van der Waals surface area contributed by atoms with E-state index in [4.69, 9.17) is 0 Å². The minimum atomic E-state index is -3.11. The van der Waals surface area contributed by atoms with Gasteiger partial charge in [-0.05, 0) is 166 Å². The summed E-state index contributed by atoms with van der Waals surface area (Å²) >= 11 is 0. The second kappa shape index (κ2) is 28.0. The lowest BCUT2D eigenvalue weighted by molar-refractivity contribution is 0.586. The van der Waals surface area contributed by atoms with E-state index in [0.29, 0.717) is 20.5 Å². The predicted octanol–water partition coefficient (Wildman–Crippen LogP) is 9.67. The van der Waals surface area contributed by atoms with Gasteiger partial charge in [0.05, 0.1) is 31.5 Å². The highest BCUT2D eigenvalue weighted by Crippen LogP contribution is 2.28. The Balaban J connectivity index is 0.000000761. The average Bonchev–Trinajstić information content (AvgIpc) is 3.92. The molecule has 4 aliphatic rings. The second-order valence-electron chi connectivity index (χ2n) is 17.5. The van der Waals surface area contributed by atoms with E-state index in [-0.39, 0.29) is 26.2 Å². The summed E-state index contributed by atoms with van der Waals surface area (Å²) in [5.74, 6) is 0.546. The maximum Gasteiger partial charge on any atom is 0.176 e. The highest BCUT2D eigenvalue weighted by Gasteiger charge is 2.26. The van der Waals surface area contributed by atoms with Crippen LogP contribution in [-0.2, 0) is 59.0 Å². The van der Waals surface area contributed by atoms with Crippen LogP contribution in [0.1, 0.15) is 166 Å². The van der Waals surface area contributed by atoms with Gasteiger partial charge in [-0.25, -0.2) is 55.5 Å². The number of sulfone groups is 6. The SMILES string of the molecule is C=CS(=O)(=O)C(C)C.CC(C)S(=O)(=O)/C=C/c1ncc[nH]1.CC(C)S(=O)(=O)C1=CCC1.CC(C)S(=O)(=O)C1=CCCC1.CC(C)S(=O)(=O)C1=CCCCC1.CC(C)S(=O)(=O)C=C1CCC1. The van der Waals surface area contributed by atoms with Crippen molar-refractivity contribution >= 4 is 65.1 Å². The molecule has 0 saturated heterocycles. The molecule has 14 nitrogen and oxygen atoms in total. The molecule has 0 aromatic carbocycles. The molecule has 376 valence electrons. The van der Waals surface area contributed by atoms with Crippen LogP contribution in [0.4, 0.5) is 0 Å². The molecule has 1 aromatic heterocycles. The standard InChI is InChI=1S/C9H16O2S.C8H12N2O2S.2C8H14O2S.C7H12O2S.C5H10O2S/c1-8(2)12(10,11)9-6-4-3-5-7-9;1-7(2)13(11,12)6-3-8-9-4-5-10-8;1-7(2)11(9,10)6-8-4-3-5-8;1-7(2)11(9,10)8-5-3-4-6-8;1-6(2)10(8,9)7-4-3-5-7;1-4-8(6,7)5(2)3/h6,8H,3-5,7H2,1-2H3;3-7H,1-2H3,(H,9,10);6-7H,3-5H2,1-2H3;5,7H,3-4,6H2,1-2H3;4,6H,3,5H2,1-2H3;4-5H,1H2,2-3H3/b;6-3+;;;;. The second-order valence-corrected chi connectivity index (χ2v) is 32.3. The minimum absolute atomic E-state index is 0.251. The summed E-state index contributed by atoms with van der Waals surface area (Å²) in [6.45, 7) is 23.5. The zero-order valence-electron chi connectivity index (χ0n) is 40.6. The van der Waals surface area contributed by atoms with Gasteiger partial charge in [0.15, 0.2) is 59.0 Å². The molecule has 4 aliphatic carbocycles. The number of H-pyrrole nitrogens is 1. The Morgan fingerprint density at radius 3 is 1.15 bits per heavy atom. The third kappa shape index (κ3) is 21.9. The molecule has 0 radical (unpaired) electrons. The topological polar surface area (TPSA) is 234 Å². The molecule has 0 bridgehead atoms. The first-order valence-electron chi connectivity index (χ1n) is 22.2. The Labute approximate surface area is 394 Å². The third-order valence-electron chi connectivity index (χ3n) is 10.4. The quantitative estimate of drug-likeness (QED) is 0.194. The summed E-state index contributed by atoms with van der Waals surface area (Å²) in [6.07, 6.45) is 21.5. The zero-order valence-corrected chi connectivity index (χ0v) is 45.5. The monoisotopic (exact) mass is 1030 g/mol. The normalized spacial score (nSPS) is 16.8. The van der Waals surface area contributed by atoms with Crippen LogP contribution in [0.15, 0.2) is 73.7 Å². The molecule has 1 saturated carbocycles. The molecule has 1 N–H and O–H groups in total. The molecule has 1 aromatic rings. The number of nitrogens with one attached hydrogen (secondary N) is 1. The summed E-state index contributed by atoms with van der Waals surface area (Å²) in [6, 6.07) is 0. The maximum atomic E-state index is 11.6. The summed E-state index contributed by atoms with van der Waals surface area (Å²) in [5, 5.41) is 1.86. The van der Waals surface area contributed by atoms with Crippen LogP contribution in [0, 0.1) is 0 Å². The van der Waals surface area contributed by atoms with Crippen LogP contribution in [0.25, 0.3) is 6.08 Å². The third-order valence-corrected chi connectivity index (χ3v) is 23.0. The van der Waals surface area contributed by atoms with Gasteiger partial charge in [0.1, 0.15) is 5.82 Å². The fraction of sp³-hybridized carbons (Fsp3) is 0.667. The Kier molecular flexibility index (Phi) is 26.8. The molecular formula is C45H78N2O12S6. The van der Waals surface area contributed by atoms with E-state index in [1.807, 2.05) is 12.2 Å². The van der Waals surface area contributed by atoms with Crippen LogP contribution in [0.2, 0.25) is 0 Å². The number of allylic oxidation sites excluding steroid dienone is 7. The van der Waals surface area contributed by atoms with Crippen molar-refractivity contribution in [2.24, 2.45) is 0 Å². The molecule has 5 rings (SSSR count). The molecule has 20 heteroatoms. The van der Waals surface area contributed by atoms with Crippen molar-refractivity contribution in [3.8, 4) is 0 Å². The lowest BCUT2D eigenvalue weighted by atomic mass is 9.95. The first-order valence-corrected chi connectivity index (χ1v) is 31.7. The molecule has 1 heterocycles. The largest absolute Gasteiger partial charge is 0.345 e. The number of aromatic amines is 1. The van der Waals surface area contributed by atoms with Crippen LogP contribution in [0.5, 0.6) is 0 Å². The maximum absolute atomic E-state index is 11.6. The van der Waals surface area contributed by atoms with Crippen LogP contribution in [-0.4, -0.2) is 92.0 Å². The van der Waals surface area contributed by atoms with E-state index < -0.39 is 64.3 Å². The molecule has 0 aliphatic heterocycles. The van der Waals surface area contributed by atoms with Crippen molar-refractivity contribution in [2.45, 2.75) is 192 Å². The molecule has 0 spiro atoms. The van der Waals surface area contributed by atoms with E-state index in [2.05, 4.69) is 16.5 Å². The summed E-state index contributed by atoms with van der Waals surface area (Å²) in [7, 11) is -17.7. The highest BCUT2D eigenvalue weighted by atomic mass is 32.2. The van der Waals surface area contributed by atoms with E-state index in [0.717, 1.165) is 88.0 Å². The van der Waals surface area contributed by atoms with Gasteiger partial charge in [0, 0.05) is 43.3 Å². The van der Waals surface area contributed by atoms with Gasteiger partial charge in [0.2, 0.25) is 0 Å². The lowest BCUT2D eigenvalue weighted by Crippen LogP contribution is -2.18. The number of hydrogen-bond acceptors (Lipinski definition) is 13. The fourth-order valence-electron chi connectivity index (χ4n) is 5.14. The number of hydrogen-bond donors (Lipinski definition) is 1. The summed E-state index contributed by atoms with van der Waals surface area (Å²) < 4.78 is 135. The van der Waals surface area contributed by atoms with Gasteiger partial charge in [0.25, 0.3) is 0 Å². The van der Waals surface area contributed by atoms with Gasteiger partial charge >= 0.3 is 0 Å². The Morgan fingerprint density at radius 2 is 0.892 bits per heavy atom. The van der Waals surface area contributed by atoms with Crippen LogP contribution >= 0.6 is 0 Å². The van der Waals surface area contributed by atoms with Crippen molar-refractivity contribution in [1.29, 1.82) is 0 Å². The van der Waals surface area contributed by atoms with Gasteiger partial charge in [-0.15, -0.1) is 0 Å². The lowest BCUT2D eigenvalue weighted by Gasteiger charge is -2.16. The first-order chi connectivity index (χ1) is 29.7. The Morgan fingerprint density at radius 1 is 0.492 bits per heavy atom. The van der Waals surface area contributed by atoms with Gasteiger partial charge in [-0.2, -0.15) is 0 Å². The fourth-order valence-corrected chi connectivity index (χ4v) is 11.3. The molecule has 0 amide bonds. The average molecular weight is 1030 g/mol. The van der Waals surface area contributed by atoms with E-state index in [9.17, 15) is 50.5 Å². The number of rotatable bonds is 13. The highest BCUT2D eigenvalue weighted by molar-refractivity contribution is 7.96. The van der Waals surface area contributed by atoms with E-state index >= 15 is 0 Å². The molecule has 65 heavy (non-hydrogen) atoms. The molecule has 0 atom stereocenters. The Hall–Kier alpha value is -2.65. The molecule has 1 fully saturated rings. The van der Waals surface area contributed by atoms with Crippen LogP contribution in [0.3, 0.4) is 0 Å². The number of imidazole rings is 1. The van der Waals surface area contributed by atoms with Crippen LogP contribution < -0.4 is 0 Å². The summed E-state index contributed by atoms with van der Waals surface area (Å²) in [4.78, 5) is 8.63. The minimum Gasteiger partial charge on any atom is -0.345 e. The van der Waals surface area contributed by atoms with Crippen molar-refractivity contribution < 1.29 is 50.5 Å².